The predicted octanol–water partition coefficient (Wildman–Crippen LogP) is 3.18. The third-order valence-electron chi connectivity index (χ3n) is 2.90. The average molecular weight is 262 g/mol. The molecule has 0 radical (unpaired) electrons. The molecule has 1 N–H and O–H groups in total. The zero-order chi connectivity index (χ0) is 13.2. The Kier molecular flexibility index (Phi) is 3.65. The van der Waals surface area contributed by atoms with Gasteiger partial charge >= 0.3 is 6.36 Å². The number of ether oxygens (including phenoxy) is 2. The van der Waals surface area contributed by atoms with E-state index in [2.05, 4.69) is 4.74 Å². The van der Waals surface area contributed by atoms with Gasteiger partial charge in [0.25, 0.3) is 0 Å². The lowest BCUT2D eigenvalue weighted by Crippen LogP contribution is -2.17. The van der Waals surface area contributed by atoms with E-state index in [9.17, 15) is 18.3 Å². The molecule has 1 aromatic rings. The largest absolute Gasteiger partial charge is 0.573 e. The minimum Gasteiger partial charge on any atom is -0.508 e. The number of phenolic OH excluding ortho intramolecular Hbond substituents is 1. The van der Waals surface area contributed by atoms with Crippen LogP contribution in [0.2, 0.25) is 0 Å². The van der Waals surface area contributed by atoms with Crippen LogP contribution < -0.4 is 4.74 Å². The first-order valence-electron chi connectivity index (χ1n) is 5.62. The fourth-order valence-corrected chi connectivity index (χ4v) is 2.07. The molecular weight excluding hydrogens is 249 g/mol. The molecule has 1 aliphatic heterocycles. The van der Waals surface area contributed by atoms with Crippen molar-refractivity contribution in [1.82, 2.24) is 0 Å². The molecule has 3 nitrogen and oxygen atoms in total. The van der Waals surface area contributed by atoms with Crippen LogP contribution in [0.15, 0.2) is 18.2 Å². The molecule has 1 fully saturated rings. The van der Waals surface area contributed by atoms with E-state index >= 15 is 0 Å². The van der Waals surface area contributed by atoms with Crippen LogP contribution >= 0.6 is 0 Å². The molecule has 1 aliphatic rings. The van der Waals surface area contributed by atoms with Gasteiger partial charge in [0, 0.05) is 19.3 Å². The van der Waals surface area contributed by atoms with E-state index < -0.39 is 12.1 Å². The molecule has 2 rings (SSSR count). The van der Waals surface area contributed by atoms with Crippen LogP contribution in [0, 0.1) is 0 Å². The first kappa shape index (κ1) is 13.0. The maximum atomic E-state index is 12.0. The Bertz CT molecular complexity index is 412. The van der Waals surface area contributed by atoms with Crippen molar-refractivity contribution in [3.8, 4) is 11.5 Å². The molecule has 1 heterocycles. The molecule has 0 bridgehead atoms. The van der Waals surface area contributed by atoms with Gasteiger partial charge in [0.15, 0.2) is 0 Å². The molecule has 0 unspecified atom stereocenters. The van der Waals surface area contributed by atoms with E-state index in [4.69, 9.17) is 4.74 Å². The Balaban J connectivity index is 2.14. The number of phenols is 1. The summed E-state index contributed by atoms with van der Waals surface area (Å²) in [6.45, 7) is 1.20. The molecule has 0 amide bonds. The molecule has 0 saturated carbocycles. The van der Waals surface area contributed by atoms with E-state index in [1.807, 2.05) is 0 Å². The summed E-state index contributed by atoms with van der Waals surface area (Å²) in [6.07, 6.45) is -3.23. The highest BCUT2D eigenvalue weighted by Crippen LogP contribution is 2.36. The van der Waals surface area contributed by atoms with E-state index in [-0.39, 0.29) is 11.7 Å². The van der Waals surface area contributed by atoms with E-state index in [0.29, 0.717) is 18.8 Å². The van der Waals surface area contributed by atoms with Gasteiger partial charge in [-0.2, -0.15) is 0 Å². The summed E-state index contributed by atoms with van der Waals surface area (Å²) in [5.41, 5.74) is 0.646. The number of aromatic hydroxyl groups is 1. The second kappa shape index (κ2) is 5.06. The lowest BCUT2D eigenvalue weighted by Gasteiger charge is -2.23. The Morgan fingerprint density at radius 3 is 2.44 bits per heavy atom. The van der Waals surface area contributed by atoms with Crippen LogP contribution in [0.4, 0.5) is 13.2 Å². The molecule has 100 valence electrons. The topological polar surface area (TPSA) is 38.7 Å². The fraction of sp³-hybridized carbons (Fsp3) is 0.500. The zero-order valence-electron chi connectivity index (χ0n) is 9.54. The lowest BCUT2D eigenvalue weighted by atomic mass is 9.91. The summed E-state index contributed by atoms with van der Waals surface area (Å²) in [5, 5.41) is 9.75. The van der Waals surface area contributed by atoms with Crippen LogP contribution in [0.3, 0.4) is 0 Å². The fourth-order valence-electron chi connectivity index (χ4n) is 2.07. The first-order valence-corrected chi connectivity index (χ1v) is 5.62. The Labute approximate surface area is 102 Å². The van der Waals surface area contributed by atoms with Crippen molar-refractivity contribution in [3.63, 3.8) is 0 Å². The van der Waals surface area contributed by atoms with Crippen molar-refractivity contribution in [2.45, 2.75) is 25.1 Å². The van der Waals surface area contributed by atoms with Crippen LogP contribution in [0.25, 0.3) is 0 Å². The summed E-state index contributed by atoms with van der Waals surface area (Å²) >= 11 is 0. The van der Waals surface area contributed by atoms with Gasteiger partial charge in [0.2, 0.25) is 0 Å². The SMILES string of the molecule is Oc1cc(OC(F)(F)F)ccc1C1CCOCC1. The highest BCUT2D eigenvalue weighted by atomic mass is 19.4. The third-order valence-corrected chi connectivity index (χ3v) is 2.90. The van der Waals surface area contributed by atoms with Crippen LogP contribution in [0.1, 0.15) is 24.3 Å². The van der Waals surface area contributed by atoms with Crippen molar-refractivity contribution < 1.29 is 27.8 Å². The van der Waals surface area contributed by atoms with Gasteiger partial charge < -0.3 is 14.6 Å². The maximum absolute atomic E-state index is 12.0. The first-order chi connectivity index (χ1) is 8.46. The van der Waals surface area contributed by atoms with Gasteiger partial charge in [0.05, 0.1) is 0 Å². The molecule has 0 aliphatic carbocycles. The minimum atomic E-state index is -4.74. The number of hydrogen-bond donors (Lipinski definition) is 1. The molecule has 0 spiro atoms. The standard InChI is InChI=1S/C12H13F3O3/c13-12(14,15)18-9-1-2-10(11(16)7-9)8-3-5-17-6-4-8/h1-2,7-8,16H,3-6H2. The number of benzene rings is 1. The molecule has 1 saturated heterocycles. The van der Waals surface area contributed by atoms with Crippen molar-refractivity contribution in [2.75, 3.05) is 13.2 Å². The average Bonchev–Trinajstić information content (AvgIpc) is 2.28. The monoisotopic (exact) mass is 262 g/mol. The quantitative estimate of drug-likeness (QED) is 0.889. The Morgan fingerprint density at radius 1 is 1.22 bits per heavy atom. The van der Waals surface area contributed by atoms with Crippen molar-refractivity contribution >= 4 is 0 Å². The van der Waals surface area contributed by atoms with Gasteiger partial charge in [0.1, 0.15) is 11.5 Å². The summed E-state index contributed by atoms with van der Waals surface area (Å²) in [5.74, 6) is -0.446. The zero-order valence-corrected chi connectivity index (χ0v) is 9.54. The number of halogens is 3. The van der Waals surface area contributed by atoms with Gasteiger partial charge in [-0.15, -0.1) is 13.2 Å². The molecule has 0 aromatic heterocycles. The molecule has 6 heteroatoms. The van der Waals surface area contributed by atoms with Crippen molar-refractivity contribution in [3.05, 3.63) is 23.8 Å². The van der Waals surface area contributed by atoms with Crippen LogP contribution in [0.5, 0.6) is 11.5 Å². The Morgan fingerprint density at radius 2 is 1.89 bits per heavy atom. The number of alkyl halides is 3. The van der Waals surface area contributed by atoms with Crippen LogP contribution in [-0.2, 0) is 4.74 Å². The van der Waals surface area contributed by atoms with Gasteiger partial charge in [-0.1, -0.05) is 6.07 Å². The molecular formula is C12H13F3O3. The second-order valence-corrected chi connectivity index (χ2v) is 4.16. The van der Waals surface area contributed by atoms with E-state index in [1.165, 1.54) is 12.1 Å². The number of rotatable bonds is 2. The maximum Gasteiger partial charge on any atom is 0.573 e. The predicted molar refractivity (Wildman–Crippen MR) is 57.6 cm³/mol. The van der Waals surface area contributed by atoms with Gasteiger partial charge in [-0.05, 0) is 30.4 Å². The Hall–Kier alpha value is -1.43. The summed E-state index contributed by atoms with van der Waals surface area (Å²) in [6, 6.07) is 3.70. The van der Waals surface area contributed by atoms with Crippen LogP contribution in [-0.4, -0.2) is 24.7 Å². The van der Waals surface area contributed by atoms with E-state index in [1.54, 1.807) is 0 Å². The molecule has 1 aromatic carbocycles. The summed E-state index contributed by atoms with van der Waals surface area (Å²) in [7, 11) is 0. The third kappa shape index (κ3) is 3.29. The summed E-state index contributed by atoms with van der Waals surface area (Å²) < 4.78 is 45.0. The number of hydrogen-bond acceptors (Lipinski definition) is 3. The van der Waals surface area contributed by atoms with E-state index in [0.717, 1.165) is 18.9 Å². The molecule has 18 heavy (non-hydrogen) atoms. The highest BCUT2D eigenvalue weighted by molar-refractivity contribution is 5.41. The van der Waals surface area contributed by atoms with Crippen molar-refractivity contribution in [2.24, 2.45) is 0 Å². The van der Waals surface area contributed by atoms with Crippen molar-refractivity contribution in [1.29, 1.82) is 0 Å². The molecule has 0 atom stereocenters. The summed E-state index contributed by atoms with van der Waals surface area (Å²) in [4.78, 5) is 0. The minimum absolute atomic E-state index is 0.124. The normalized spacial score (nSPS) is 17.7. The van der Waals surface area contributed by atoms with Gasteiger partial charge in [-0.3, -0.25) is 0 Å². The van der Waals surface area contributed by atoms with Gasteiger partial charge in [-0.25, -0.2) is 0 Å². The highest BCUT2D eigenvalue weighted by Gasteiger charge is 2.31. The lowest BCUT2D eigenvalue weighted by molar-refractivity contribution is -0.274. The second-order valence-electron chi connectivity index (χ2n) is 4.16. The smallest absolute Gasteiger partial charge is 0.508 e.